The summed E-state index contributed by atoms with van der Waals surface area (Å²) >= 11 is 0. The van der Waals surface area contributed by atoms with E-state index in [4.69, 9.17) is 46.6 Å². The summed E-state index contributed by atoms with van der Waals surface area (Å²) in [6, 6.07) is -1.29. The smallest absolute Gasteiger partial charge is 1.00 e. The van der Waals surface area contributed by atoms with E-state index in [0.717, 1.165) is 0 Å². The molecule has 0 aliphatic heterocycles. The van der Waals surface area contributed by atoms with Gasteiger partial charge in [-0.2, -0.15) is 0 Å². The molecule has 5 atom stereocenters. The van der Waals surface area contributed by atoms with Gasteiger partial charge in [0.15, 0.2) is 6.10 Å². The van der Waals surface area contributed by atoms with E-state index in [2.05, 4.69) is 0 Å². The van der Waals surface area contributed by atoms with E-state index in [9.17, 15) is 14.4 Å². The van der Waals surface area contributed by atoms with Crippen molar-refractivity contribution < 1.29 is 58.1 Å². The van der Waals surface area contributed by atoms with Gasteiger partial charge < -0.3 is 49.4 Å². The fourth-order valence-electron chi connectivity index (χ4n) is 0.944. The summed E-state index contributed by atoms with van der Waals surface area (Å²) in [5, 5.41) is 67.8. The number of aliphatic hydroxyl groups excluding tert-OH is 5. The van der Waals surface area contributed by atoms with Crippen molar-refractivity contribution >= 4 is 41.0 Å². The van der Waals surface area contributed by atoms with Crippen molar-refractivity contribution in [2.75, 3.05) is 6.61 Å². The summed E-state index contributed by atoms with van der Waals surface area (Å²) in [6.45, 7) is -0.843. The maximum absolute atomic E-state index is 10.1. The summed E-state index contributed by atoms with van der Waals surface area (Å²) in [5.74, 6) is -4.22. The van der Waals surface area contributed by atoms with Gasteiger partial charge in [0.25, 0.3) is 0 Å². The van der Waals surface area contributed by atoms with Crippen LogP contribution in [0.1, 0.15) is 9.27 Å². The number of nitrogens with two attached hydrogens (primary N) is 1. The molecule has 0 heterocycles. The Morgan fingerprint density at radius 3 is 1.57 bits per heavy atom. The predicted octanol–water partition coefficient (Wildman–Crippen LogP) is -4.78. The standard InChI is InChI=1S/C6H12O7.C4H7NO4.Mg.2H/c7-1-2(8)3(9)4(10)5(11)6(12)13;5-2(4(8)9)1-3(6)7;;;/h2-5,7-11H,1H2,(H,12,13);2H,1,5H2,(H,6,7)(H,8,9);;;/q;;+2;2*-1/t2-,3-,4+,5-;;;;/m1..../s1. The van der Waals surface area contributed by atoms with Gasteiger partial charge in [0, 0.05) is 0 Å². The Labute approximate surface area is 148 Å². The number of hydrogen-bond acceptors (Lipinski definition) is 9. The summed E-state index contributed by atoms with van der Waals surface area (Å²) < 4.78 is 0. The first-order valence-electron chi connectivity index (χ1n) is 5.71. The Balaban J connectivity index is -0.0000001000. The average molecular weight is 356 g/mol. The van der Waals surface area contributed by atoms with E-state index in [1.54, 1.807) is 0 Å². The van der Waals surface area contributed by atoms with E-state index < -0.39 is 61.4 Å². The molecule has 1 unspecified atom stereocenters. The third-order valence-electron chi connectivity index (χ3n) is 2.22. The number of carboxylic acid groups (broad SMARTS) is 3. The Morgan fingerprint density at radius 2 is 1.35 bits per heavy atom. The van der Waals surface area contributed by atoms with Crippen LogP contribution in [0, 0.1) is 0 Å². The van der Waals surface area contributed by atoms with Crippen LogP contribution in [0.15, 0.2) is 0 Å². The van der Waals surface area contributed by atoms with Crippen molar-refractivity contribution in [1.82, 2.24) is 0 Å². The number of carboxylic acids is 3. The van der Waals surface area contributed by atoms with Gasteiger partial charge in [0.1, 0.15) is 24.4 Å². The molecule has 0 aromatic rings. The summed E-state index contributed by atoms with van der Waals surface area (Å²) in [4.78, 5) is 29.7. The molecule has 0 saturated carbocycles. The van der Waals surface area contributed by atoms with Crippen LogP contribution in [0.4, 0.5) is 0 Å². The van der Waals surface area contributed by atoms with Crippen molar-refractivity contribution in [3.8, 4) is 0 Å². The van der Waals surface area contributed by atoms with Crippen molar-refractivity contribution in [1.29, 1.82) is 0 Å². The van der Waals surface area contributed by atoms with Crippen molar-refractivity contribution in [2.24, 2.45) is 5.73 Å². The van der Waals surface area contributed by atoms with Gasteiger partial charge >= 0.3 is 41.0 Å². The van der Waals surface area contributed by atoms with Crippen LogP contribution < -0.4 is 5.73 Å². The van der Waals surface area contributed by atoms with Crippen molar-refractivity contribution in [3.63, 3.8) is 0 Å². The number of aliphatic carboxylic acids is 3. The topological polar surface area (TPSA) is 239 Å². The molecule has 0 bridgehead atoms. The molecular formula is C10H21MgNO11. The second-order valence-corrected chi connectivity index (χ2v) is 4.06. The molecule has 0 aromatic heterocycles. The van der Waals surface area contributed by atoms with Gasteiger partial charge in [0.05, 0.1) is 13.0 Å². The normalized spacial score (nSPS) is 16.4. The molecule has 0 radical (unpaired) electrons. The molecule has 0 saturated heterocycles. The molecule has 0 aliphatic rings. The zero-order valence-corrected chi connectivity index (χ0v) is 13.3. The molecule has 10 N–H and O–H groups in total. The SMILES string of the molecule is NC(CC(=O)O)C(=O)O.O=C(O)[C@H](O)[C@@H](O)[C@H](O)[C@H](O)CO.[H-].[H-].[Mg+2]. The Hall–Kier alpha value is -1.06. The maximum atomic E-state index is 10.1. The van der Waals surface area contributed by atoms with E-state index in [0.29, 0.717) is 0 Å². The number of rotatable bonds is 8. The predicted molar refractivity (Wildman–Crippen MR) is 74.6 cm³/mol. The van der Waals surface area contributed by atoms with Crippen LogP contribution in [0.3, 0.4) is 0 Å². The van der Waals surface area contributed by atoms with Crippen LogP contribution >= 0.6 is 0 Å². The molecule has 0 aromatic carbocycles. The summed E-state index contributed by atoms with van der Waals surface area (Å²) in [6.07, 6.45) is -8.37. The van der Waals surface area contributed by atoms with Crippen LogP contribution in [0.25, 0.3) is 0 Å². The van der Waals surface area contributed by atoms with Crippen molar-refractivity contribution in [3.05, 3.63) is 0 Å². The molecule has 0 aliphatic carbocycles. The Bertz CT molecular complexity index is 390. The first-order chi connectivity index (χ1) is 9.95. The fourth-order valence-corrected chi connectivity index (χ4v) is 0.944. The Morgan fingerprint density at radius 1 is 0.913 bits per heavy atom. The Kier molecular flexibility index (Phi) is 15.6. The monoisotopic (exact) mass is 355 g/mol. The first kappa shape index (κ1) is 26.8. The minimum Gasteiger partial charge on any atom is -1.00 e. The van der Waals surface area contributed by atoms with Crippen LogP contribution in [-0.4, -0.2) is 119 Å². The van der Waals surface area contributed by atoms with E-state index in [1.807, 2.05) is 0 Å². The van der Waals surface area contributed by atoms with E-state index in [1.165, 1.54) is 0 Å². The minimum atomic E-state index is -2.20. The van der Waals surface area contributed by atoms with Gasteiger partial charge in [-0.15, -0.1) is 0 Å². The van der Waals surface area contributed by atoms with Crippen LogP contribution in [0.2, 0.25) is 0 Å². The molecule has 23 heavy (non-hydrogen) atoms. The molecule has 0 rings (SSSR count). The molecule has 0 amide bonds. The first-order valence-corrected chi connectivity index (χ1v) is 5.71. The summed E-state index contributed by atoms with van der Waals surface area (Å²) in [7, 11) is 0. The van der Waals surface area contributed by atoms with Gasteiger partial charge in [-0.1, -0.05) is 0 Å². The maximum Gasteiger partial charge on any atom is 2.00 e. The molecular weight excluding hydrogens is 334 g/mol. The molecule has 0 fully saturated rings. The van der Waals surface area contributed by atoms with Gasteiger partial charge in [0.2, 0.25) is 0 Å². The van der Waals surface area contributed by atoms with Gasteiger partial charge in [-0.05, 0) is 0 Å². The third kappa shape index (κ3) is 12.1. The number of carbonyl (C=O) groups is 3. The summed E-state index contributed by atoms with van der Waals surface area (Å²) in [5.41, 5.74) is 4.84. The molecule has 13 heteroatoms. The quantitative estimate of drug-likeness (QED) is 0.186. The van der Waals surface area contributed by atoms with E-state index >= 15 is 0 Å². The van der Waals surface area contributed by atoms with Gasteiger partial charge in [-0.25, -0.2) is 4.79 Å². The number of hydrogen-bond donors (Lipinski definition) is 9. The zero-order valence-electron chi connectivity index (χ0n) is 13.9. The number of aliphatic hydroxyl groups is 5. The second-order valence-electron chi connectivity index (χ2n) is 4.06. The second kappa shape index (κ2) is 13.4. The molecule has 12 nitrogen and oxygen atoms in total. The van der Waals surface area contributed by atoms with Crippen LogP contribution in [0.5, 0.6) is 0 Å². The molecule has 134 valence electrons. The van der Waals surface area contributed by atoms with Crippen molar-refractivity contribution in [2.45, 2.75) is 36.9 Å². The largest absolute Gasteiger partial charge is 2.00 e. The average Bonchev–Trinajstić information content (AvgIpc) is 2.43. The van der Waals surface area contributed by atoms with Crippen LogP contribution in [-0.2, 0) is 14.4 Å². The fraction of sp³-hybridized carbons (Fsp3) is 0.700. The third-order valence-corrected chi connectivity index (χ3v) is 2.22. The van der Waals surface area contributed by atoms with E-state index in [-0.39, 0.29) is 25.9 Å². The minimum absolute atomic E-state index is 0. The zero-order chi connectivity index (χ0) is 18.0. The van der Waals surface area contributed by atoms with Gasteiger partial charge in [-0.3, -0.25) is 9.59 Å². The molecule has 0 spiro atoms.